The van der Waals surface area contributed by atoms with Gasteiger partial charge in [0.15, 0.2) is 0 Å². The molecule has 0 amide bonds. The van der Waals surface area contributed by atoms with E-state index in [2.05, 4.69) is 37.5 Å². The fourth-order valence-corrected chi connectivity index (χ4v) is 2.67. The number of nitrogens with zero attached hydrogens (tertiary/aromatic N) is 2. The van der Waals surface area contributed by atoms with Gasteiger partial charge in [-0.25, -0.2) is 0 Å². The molecule has 1 rings (SSSR count). The van der Waals surface area contributed by atoms with E-state index < -0.39 is 0 Å². The molecule has 16 heavy (non-hydrogen) atoms. The molecule has 1 saturated heterocycles. The summed E-state index contributed by atoms with van der Waals surface area (Å²) in [6, 6.07) is 0.524. The van der Waals surface area contributed by atoms with Crippen LogP contribution in [-0.2, 0) is 0 Å². The molecule has 96 valence electrons. The Morgan fingerprint density at radius 1 is 1.12 bits per heavy atom. The van der Waals surface area contributed by atoms with Gasteiger partial charge in [-0.1, -0.05) is 27.7 Å². The molecule has 0 aliphatic carbocycles. The Labute approximate surface area is 101 Å². The van der Waals surface area contributed by atoms with Crippen molar-refractivity contribution in [2.45, 2.75) is 40.2 Å². The largest absolute Gasteiger partial charge is 0.329 e. The Hall–Kier alpha value is -0.120. The van der Waals surface area contributed by atoms with Crippen LogP contribution in [0, 0.1) is 5.41 Å². The molecule has 0 aromatic rings. The van der Waals surface area contributed by atoms with E-state index in [0.29, 0.717) is 11.5 Å². The van der Waals surface area contributed by atoms with Gasteiger partial charge in [0.05, 0.1) is 0 Å². The summed E-state index contributed by atoms with van der Waals surface area (Å²) in [6.07, 6.45) is 1.26. The standard InChI is InChI=1S/C13H29N3/c1-5-6-15-7-9-16(10-8-15)12(11-14)13(2,3)4/h12H,5-11,14H2,1-4H3. The molecule has 0 aromatic carbocycles. The molecule has 0 saturated carbocycles. The van der Waals surface area contributed by atoms with Crippen LogP contribution < -0.4 is 5.73 Å². The van der Waals surface area contributed by atoms with Crippen molar-refractivity contribution < 1.29 is 0 Å². The second-order valence-corrected chi connectivity index (χ2v) is 6.00. The lowest BCUT2D eigenvalue weighted by atomic mass is 9.85. The molecule has 2 N–H and O–H groups in total. The zero-order chi connectivity index (χ0) is 12.2. The van der Waals surface area contributed by atoms with Crippen LogP contribution in [0.25, 0.3) is 0 Å². The number of rotatable bonds is 4. The van der Waals surface area contributed by atoms with Crippen molar-refractivity contribution in [3.8, 4) is 0 Å². The fraction of sp³-hybridized carbons (Fsp3) is 1.00. The van der Waals surface area contributed by atoms with Crippen LogP contribution >= 0.6 is 0 Å². The van der Waals surface area contributed by atoms with Gasteiger partial charge in [0.2, 0.25) is 0 Å². The molecular weight excluding hydrogens is 198 g/mol. The normalized spacial score (nSPS) is 22.3. The quantitative estimate of drug-likeness (QED) is 0.788. The average Bonchev–Trinajstić information content (AvgIpc) is 2.20. The second kappa shape index (κ2) is 5.99. The topological polar surface area (TPSA) is 32.5 Å². The lowest BCUT2D eigenvalue weighted by Gasteiger charge is -2.44. The highest BCUT2D eigenvalue weighted by Crippen LogP contribution is 2.24. The summed E-state index contributed by atoms with van der Waals surface area (Å²) < 4.78 is 0. The van der Waals surface area contributed by atoms with Crippen LogP contribution in [0.2, 0.25) is 0 Å². The molecule has 1 aliphatic heterocycles. The van der Waals surface area contributed by atoms with E-state index in [1.807, 2.05) is 0 Å². The molecule has 1 atom stereocenters. The first kappa shape index (κ1) is 13.9. The summed E-state index contributed by atoms with van der Waals surface area (Å²) in [5.74, 6) is 0. The maximum Gasteiger partial charge on any atom is 0.0267 e. The maximum absolute atomic E-state index is 5.93. The van der Waals surface area contributed by atoms with Crippen LogP contribution in [-0.4, -0.2) is 55.1 Å². The highest BCUT2D eigenvalue weighted by atomic mass is 15.3. The number of piperazine rings is 1. The molecular formula is C13H29N3. The highest BCUT2D eigenvalue weighted by Gasteiger charge is 2.30. The zero-order valence-corrected chi connectivity index (χ0v) is 11.5. The maximum atomic E-state index is 5.93. The Morgan fingerprint density at radius 3 is 2.06 bits per heavy atom. The van der Waals surface area contributed by atoms with E-state index in [9.17, 15) is 0 Å². The van der Waals surface area contributed by atoms with E-state index in [1.54, 1.807) is 0 Å². The van der Waals surface area contributed by atoms with E-state index in [4.69, 9.17) is 5.73 Å². The first-order chi connectivity index (χ1) is 7.49. The summed E-state index contributed by atoms with van der Waals surface area (Å²) >= 11 is 0. The third-order valence-electron chi connectivity index (χ3n) is 3.61. The lowest BCUT2D eigenvalue weighted by molar-refractivity contribution is 0.0499. The first-order valence-corrected chi connectivity index (χ1v) is 6.65. The summed E-state index contributed by atoms with van der Waals surface area (Å²) in [7, 11) is 0. The van der Waals surface area contributed by atoms with Gasteiger partial charge in [-0.05, 0) is 18.4 Å². The molecule has 1 aliphatic rings. The van der Waals surface area contributed by atoms with E-state index in [0.717, 1.165) is 6.54 Å². The molecule has 1 fully saturated rings. The fourth-order valence-electron chi connectivity index (χ4n) is 2.67. The van der Waals surface area contributed by atoms with Crippen molar-refractivity contribution in [2.24, 2.45) is 11.1 Å². The van der Waals surface area contributed by atoms with Crippen LogP contribution in [0.15, 0.2) is 0 Å². The van der Waals surface area contributed by atoms with Crippen LogP contribution in [0.4, 0.5) is 0 Å². The smallest absolute Gasteiger partial charge is 0.0267 e. The van der Waals surface area contributed by atoms with Gasteiger partial charge in [0.25, 0.3) is 0 Å². The summed E-state index contributed by atoms with van der Waals surface area (Å²) in [5.41, 5.74) is 6.22. The second-order valence-electron chi connectivity index (χ2n) is 6.00. The molecule has 1 heterocycles. The minimum absolute atomic E-state index is 0.293. The molecule has 0 aromatic heterocycles. The first-order valence-electron chi connectivity index (χ1n) is 6.65. The number of hydrogen-bond acceptors (Lipinski definition) is 3. The predicted octanol–water partition coefficient (Wildman–Crippen LogP) is 1.39. The van der Waals surface area contributed by atoms with Gasteiger partial charge in [-0.2, -0.15) is 0 Å². The third kappa shape index (κ3) is 3.72. The highest BCUT2D eigenvalue weighted by molar-refractivity contribution is 4.86. The van der Waals surface area contributed by atoms with Crippen LogP contribution in [0.1, 0.15) is 34.1 Å². The molecule has 0 radical (unpaired) electrons. The Morgan fingerprint density at radius 2 is 1.69 bits per heavy atom. The van der Waals surface area contributed by atoms with Crippen molar-refractivity contribution in [3.05, 3.63) is 0 Å². The molecule has 3 heteroatoms. The third-order valence-corrected chi connectivity index (χ3v) is 3.61. The Balaban J connectivity index is 2.45. The molecule has 0 bridgehead atoms. The van der Waals surface area contributed by atoms with Crippen molar-refractivity contribution in [3.63, 3.8) is 0 Å². The van der Waals surface area contributed by atoms with Crippen LogP contribution in [0.5, 0.6) is 0 Å². The van der Waals surface area contributed by atoms with E-state index in [1.165, 1.54) is 39.1 Å². The van der Waals surface area contributed by atoms with Crippen LogP contribution in [0.3, 0.4) is 0 Å². The van der Waals surface area contributed by atoms with Gasteiger partial charge in [-0.15, -0.1) is 0 Å². The van der Waals surface area contributed by atoms with Gasteiger partial charge in [-0.3, -0.25) is 4.90 Å². The van der Waals surface area contributed by atoms with Gasteiger partial charge in [0.1, 0.15) is 0 Å². The Kier molecular flexibility index (Phi) is 5.22. The average molecular weight is 227 g/mol. The van der Waals surface area contributed by atoms with Gasteiger partial charge >= 0.3 is 0 Å². The van der Waals surface area contributed by atoms with Crippen molar-refractivity contribution >= 4 is 0 Å². The van der Waals surface area contributed by atoms with E-state index in [-0.39, 0.29) is 0 Å². The van der Waals surface area contributed by atoms with Gasteiger partial charge < -0.3 is 10.6 Å². The lowest BCUT2D eigenvalue weighted by Crippen LogP contribution is -2.56. The van der Waals surface area contributed by atoms with Crippen molar-refractivity contribution in [1.29, 1.82) is 0 Å². The SMILES string of the molecule is CCCN1CCN(C(CN)C(C)(C)C)CC1. The Bertz CT molecular complexity index is 190. The summed E-state index contributed by atoms with van der Waals surface area (Å²) in [5, 5.41) is 0. The minimum Gasteiger partial charge on any atom is -0.329 e. The van der Waals surface area contributed by atoms with Crippen molar-refractivity contribution in [1.82, 2.24) is 9.80 Å². The monoisotopic (exact) mass is 227 g/mol. The minimum atomic E-state index is 0.293. The number of nitrogens with two attached hydrogens (primary N) is 1. The molecule has 0 spiro atoms. The summed E-state index contributed by atoms with van der Waals surface area (Å²) in [4.78, 5) is 5.14. The number of hydrogen-bond donors (Lipinski definition) is 1. The molecule has 3 nitrogen and oxygen atoms in total. The summed E-state index contributed by atoms with van der Waals surface area (Å²) in [6.45, 7) is 15.9. The molecule has 1 unspecified atom stereocenters. The van der Waals surface area contributed by atoms with Gasteiger partial charge in [0, 0.05) is 38.8 Å². The van der Waals surface area contributed by atoms with Crippen molar-refractivity contribution in [2.75, 3.05) is 39.3 Å². The predicted molar refractivity (Wildman–Crippen MR) is 70.6 cm³/mol. The zero-order valence-electron chi connectivity index (χ0n) is 11.5. The van der Waals surface area contributed by atoms with E-state index >= 15 is 0 Å².